The molecule has 29 heavy (non-hydrogen) atoms. The van der Waals surface area contributed by atoms with Gasteiger partial charge < -0.3 is 24.1 Å². The Labute approximate surface area is 168 Å². The van der Waals surface area contributed by atoms with E-state index in [0.717, 1.165) is 23.4 Å². The quantitative estimate of drug-likeness (QED) is 0.753. The third-order valence-corrected chi connectivity index (χ3v) is 5.90. The highest BCUT2D eigenvalue weighted by atomic mass is 16.5. The van der Waals surface area contributed by atoms with E-state index in [1.165, 1.54) is 0 Å². The van der Waals surface area contributed by atoms with Gasteiger partial charge in [0.1, 0.15) is 5.75 Å². The number of carbonyl (C=O) groups excluding carboxylic acids is 2. The molecule has 1 amide bonds. The number of hydrogen-bond acceptors (Lipinski definition) is 5. The second kappa shape index (κ2) is 7.73. The fraction of sp³-hybridized carbons (Fsp3) is 0.409. The van der Waals surface area contributed by atoms with Crippen LogP contribution in [0.25, 0.3) is 11.1 Å². The fourth-order valence-electron chi connectivity index (χ4n) is 4.51. The SMILES string of the molecule is COc1ccc(-c2ccc3n(c2=O)C[C@H]2C[C@@H]3CN(C(=O)CCC(=O)[O-])C2)cc1. The summed E-state index contributed by atoms with van der Waals surface area (Å²) < 4.78 is 7.03. The Hall–Kier alpha value is -3.09. The zero-order chi connectivity index (χ0) is 20.5. The Morgan fingerprint density at radius 1 is 1.07 bits per heavy atom. The van der Waals surface area contributed by atoms with Gasteiger partial charge in [0.2, 0.25) is 5.91 Å². The molecular formula is C22H23N2O5-. The number of aliphatic carboxylic acids is 1. The Bertz CT molecular complexity index is 995. The van der Waals surface area contributed by atoms with Crippen molar-refractivity contribution in [3.8, 4) is 16.9 Å². The van der Waals surface area contributed by atoms with Crippen molar-refractivity contribution in [1.29, 1.82) is 0 Å². The summed E-state index contributed by atoms with van der Waals surface area (Å²) >= 11 is 0. The third kappa shape index (κ3) is 3.77. The molecular weight excluding hydrogens is 372 g/mol. The van der Waals surface area contributed by atoms with E-state index in [0.29, 0.717) is 25.2 Å². The Morgan fingerprint density at radius 3 is 2.52 bits per heavy atom. The number of pyridine rings is 1. The zero-order valence-corrected chi connectivity index (χ0v) is 16.3. The molecule has 2 aromatic rings. The number of piperidine rings is 1. The molecule has 2 aliphatic heterocycles. The van der Waals surface area contributed by atoms with Gasteiger partial charge in [-0.1, -0.05) is 12.1 Å². The van der Waals surface area contributed by atoms with Gasteiger partial charge >= 0.3 is 0 Å². The molecule has 7 nitrogen and oxygen atoms in total. The molecule has 1 saturated heterocycles. The van der Waals surface area contributed by atoms with Gasteiger partial charge in [0, 0.05) is 49.2 Å². The van der Waals surface area contributed by atoms with Gasteiger partial charge in [-0.25, -0.2) is 0 Å². The summed E-state index contributed by atoms with van der Waals surface area (Å²) in [6.45, 7) is 1.64. The molecule has 2 atom stereocenters. The lowest BCUT2D eigenvalue weighted by molar-refractivity contribution is -0.305. The molecule has 4 rings (SSSR count). The zero-order valence-electron chi connectivity index (χ0n) is 16.3. The van der Waals surface area contributed by atoms with E-state index in [2.05, 4.69) is 0 Å². The fourth-order valence-corrected chi connectivity index (χ4v) is 4.51. The van der Waals surface area contributed by atoms with E-state index in [4.69, 9.17) is 4.74 Å². The maximum absolute atomic E-state index is 13.2. The number of ether oxygens (including phenoxy) is 1. The first kappa shape index (κ1) is 19.2. The van der Waals surface area contributed by atoms with Crippen LogP contribution in [0.2, 0.25) is 0 Å². The molecule has 1 fully saturated rings. The molecule has 1 aromatic heterocycles. The van der Waals surface area contributed by atoms with Gasteiger partial charge in [0.05, 0.1) is 7.11 Å². The summed E-state index contributed by atoms with van der Waals surface area (Å²) in [5.41, 5.74) is 2.43. The number of rotatable bonds is 5. The lowest BCUT2D eigenvalue weighted by atomic mass is 9.82. The van der Waals surface area contributed by atoms with Gasteiger partial charge in [0.15, 0.2) is 0 Å². The van der Waals surface area contributed by atoms with E-state index in [-0.39, 0.29) is 36.1 Å². The molecule has 7 heteroatoms. The van der Waals surface area contributed by atoms with Crippen LogP contribution >= 0.6 is 0 Å². The monoisotopic (exact) mass is 395 g/mol. The number of benzene rings is 1. The third-order valence-electron chi connectivity index (χ3n) is 5.90. The van der Waals surface area contributed by atoms with Gasteiger partial charge in [-0.3, -0.25) is 9.59 Å². The van der Waals surface area contributed by atoms with Crippen LogP contribution in [0.15, 0.2) is 41.2 Å². The van der Waals surface area contributed by atoms with Gasteiger partial charge in [0.25, 0.3) is 5.56 Å². The van der Waals surface area contributed by atoms with Crippen LogP contribution in [0.5, 0.6) is 5.75 Å². The number of hydrogen-bond donors (Lipinski definition) is 0. The maximum Gasteiger partial charge on any atom is 0.258 e. The molecule has 0 saturated carbocycles. The summed E-state index contributed by atoms with van der Waals surface area (Å²) in [4.78, 5) is 37.9. The van der Waals surface area contributed by atoms with Crippen LogP contribution in [0.3, 0.4) is 0 Å². The Kier molecular flexibility index (Phi) is 5.13. The summed E-state index contributed by atoms with van der Waals surface area (Å²) in [7, 11) is 1.61. The molecule has 3 heterocycles. The molecule has 2 bridgehead atoms. The van der Waals surface area contributed by atoms with Crippen molar-refractivity contribution in [1.82, 2.24) is 9.47 Å². The van der Waals surface area contributed by atoms with Gasteiger partial charge in [-0.05, 0) is 48.6 Å². The summed E-state index contributed by atoms with van der Waals surface area (Å²) in [5.74, 6) is -0.346. The number of carboxylic acid groups (broad SMARTS) is 1. The Balaban J connectivity index is 1.59. The summed E-state index contributed by atoms with van der Waals surface area (Å²) in [6.07, 6.45) is 0.641. The first-order valence-electron chi connectivity index (χ1n) is 9.82. The number of carboxylic acids is 1. The number of aromatic nitrogens is 1. The number of carbonyl (C=O) groups is 2. The lowest BCUT2D eigenvalue weighted by Gasteiger charge is -2.43. The van der Waals surface area contributed by atoms with Crippen LogP contribution in [0.1, 0.15) is 30.9 Å². The molecule has 2 aliphatic rings. The average molecular weight is 395 g/mol. The van der Waals surface area contributed by atoms with Crippen molar-refractivity contribution in [3.63, 3.8) is 0 Å². The van der Waals surface area contributed by atoms with Gasteiger partial charge in [-0.15, -0.1) is 0 Å². The number of likely N-dealkylation sites (tertiary alicyclic amines) is 1. The predicted octanol–water partition coefficient (Wildman–Crippen LogP) is 1.000. The number of nitrogens with zero attached hydrogens (tertiary/aromatic N) is 2. The smallest absolute Gasteiger partial charge is 0.258 e. The van der Waals surface area contributed by atoms with E-state index in [9.17, 15) is 19.5 Å². The summed E-state index contributed by atoms with van der Waals surface area (Å²) in [6, 6.07) is 11.3. The second-order valence-electron chi connectivity index (χ2n) is 7.79. The largest absolute Gasteiger partial charge is 0.550 e. The first-order valence-corrected chi connectivity index (χ1v) is 9.82. The van der Waals surface area contributed by atoms with E-state index >= 15 is 0 Å². The normalized spacial score (nSPS) is 20.1. The predicted molar refractivity (Wildman–Crippen MR) is 104 cm³/mol. The van der Waals surface area contributed by atoms with Crippen molar-refractivity contribution in [2.45, 2.75) is 31.7 Å². The Morgan fingerprint density at radius 2 is 1.83 bits per heavy atom. The highest BCUT2D eigenvalue weighted by Crippen LogP contribution is 2.36. The molecule has 0 spiro atoms. The lowest BCUT2D eigenvalue weighted by Crippen LogP contribution is -2.49. The number of methoxy groups -OCH3 is 1. The van der Waals surface area contributed by atoms with Crippen LogP contribution in [0.4, 0.5) is 0 Å². The van der Waals surface area contributed by atoms with Crippen molar-refractivity contribution in [2.24, 2.45) is 5.92 Å². The minimum absolute atomic E-state index is 0.0147. The first-order chi connectivity index (χ1) is 14.0. The van der Waals surface area contributed by atoms with Crippen molar-refractivity contribution >= 4 is 11.9 Å². The van der Waals surface area contributed by atoms with E-state index in [1.807, 2.05) is 41.0 Å². The van der Waals surface area contributed by atoms with Crippen molar-refractivity contribution in [2.75, 3.05) is 20.2 Å². The standard InChI is InChI=1S/C22H24N2O5/c1-29-17-4-2-15(3-5-17)18-6-7-19-16-10-14(12-24(19)22(18)28)11-23(13-16)20(25)8-9-21(26)27/h2-7,14,16H,8-13H2,1H3,(H,26,27)/p-1/t14-,16+/m0/s1. The molecule has 0 aliphatic carbocycles. The molecule has 1 aromatic carbocycles. The van der Waals surface area contributed by atoms with Crippen LogP contribution < -0.4 is 15.4 Å². The van der Waals surface area contributed by atoms with Crippen LogP contribution in [0, 0.1) is 5.92 Å². The average Bonchev–Trinajstić information content (AvgIpc) is 2.72. The molecule has 0 N–H and O–H groups in total. The van der Waals surface area contributed by atoms with E-state index in [1.54, 1.807) is 12.0 Å². The topological polar surface area (TPSA) is 91.7 Å². The molecule has 0 radical (unpaired) electrons. The number of fused-ring (bicyclic) bond motifs is 4. The minimum Gasteiger partial charge on any atom is -0.550 e. The van der Waals surface area contributed by atoms with Gasteiger partial charge in [-0.2, -0.15) is 0 Å². The second-order valence-corrected chi connectivity index (χ2v) is 7.79. The highest BCUT2D eigenvalue weighted by molar-refractivity contribution is 5.80. The van der Waals surface area contributed by atoms with E-state index < -0.39 is 5.97 Å². The summed E-state index contributed by atoms with van der Waals surface area (Å²) in [5, 5.41) is 10.6. The molecule has 152 valence electrons. The van der Waals surface area contributed by atoms with Crippen molar-refractivity contribution < 1.29 is 19.4 Å². The van der Waals surface area contributed by atoms with Crippen LogP contribution in [-0.2, 0) is 16.1 Å². The minimum atomic E-state index is -1.21. The van der Waals surface area contributed by atoms with Crippen LogP contribution in [-0.4, -0.2) is 41.5 Å². The highest BCUT2D eigenvalue weighted by Gasteiger charge is 2.36. The van der Waals surface area contributed by atoms with Crippen molar-refractivity contribution in [3.05, 3.63) is 52.4 Å². The number of amides is 1. The molecule has 0 unspecified atom stereocenters. The maximum atomic E-state index is 13.2.